The summed E-state index contributed by atoms with van der Waals surface area (Å²) in [5.41, 5.74) is 2.19. The summed E-state index contributed by atoms with van der Waals surface area (Å²) in [4.78, 5) is 7.08. The van der Waals surface area contributed by atoms with E-state index < -0.39 is 0 Å². The Morgan fingerprint density at radius 2 is 2.07 bits per heavy atom. The van der Waals surface area contributed by atoms with Crippen LogP contribution in [0.25, 0.3) is 0 Å². The fourth-order valence-corrected chi connectivity index (χ4v) is 3.36. The molecule has 1 aromatic carbocycles. The van der Waals surface area contributed by atoms with Crippen LogP contribution in [0.4, 0.5) is 0 Å². The van der Waals surface area contributed by atoms with E-state index >= 15 is 0 Å². The zero-order valence-corrected chi connectivity index (χ0v) is 16.9. The van der Waals surface area contributed by atoms with Crippen LogP contribution in [0.5, 0.6) is 11.5 Å². The first-order valence-corrected chi connectivity index (χ1v) is 9.67. The molecular weight excluding hydrogens is 356 g/mol. The van der Waals surface area contributed by atoms with Gasteiger partial charge in [0.1, 0.15) is 11.5 Å². The summed E-state index contributed by atoms with van der Waals surface area (Å²) in [7, 11) is 3.36. The number of hydrogen-bond donors (Lipinski definition) is 3. The Kier molecular flexibility index (Phi) is 7.13. The SMILES string of the molecule is CCNC(=NCc1ccn[nH]1)NC1CCN(Cc2cc(OC)cc(OC)c2)C1. The monoisotopic (exact) mass is 386 g/mol. The summed E-state index contributed by atoms with van der Waals surface area (Å²) in [5.74, 6) is 2.49. The third-order valence-electron chi connectivity index (χ3n) is 4.74. The van der Waals surface area contributed by atoms with Crippen LogP contribution in [0.15, 0.2) is 35.5 Å². The molecule has 1 atom stereocenters. The maximum atomic E-state index is 5.38. The number of ether oxygens (including phenoxy) is 2. The first-order chi connectivity index (χ1) is 13.7. The number of nitrogens with zero attached hydrogens (tertiary/aromatic N) is 3. The van der Waals surface area contributed by atoms with Crippen LogP contribution in [0.3, 0.4) is 0 Å². The minimum atomic E-state index is 0.368. The topological polar surface area (TPSA) is 86.8 Å². The number of aromatic nitrogens is 2. The van der Waals surface area contributed by atoms with E-state index in [1.54, 1.807) is 20.4 Å². The molecule has 1 aromatic heterocycles. The number of guanidine groups is 1. The van der Waals surface area contributed by atoms with Crippen LogP contribution in [-0.2, 0) is 13.1 Å². The number of nitrogens with one attached hydrogen (secondary N) is 3. The second-order valence-corrected chi connectivity index (χ2v) is 6.86. The van der Waals surface area contributed by atoms with Gasteiger partial charge in [0.2, 0.25) is 0 Å². The molecule has 8 heteroatoms. The lowest BCUT2D eigenvalue weighted by Crippen LogP contribution is -2.44. The minimum absolute atomic E-state index is 0.368. The molecule has 1 saturated heterocycles. The zero-order chi connectivity index (χ0) is 19.8. The van der Waals surface area contributed by atoms with Crippen LogP contribution < -0.4 is 20.1 Å². The number of benzene rings is 1. The Bertz CT molecular complexity index is 740. The summed E-state index contributed by atoms with van der Waals surface area (Å²) in [6.45, 7) is 6.35. The minimum Gasteiger partial charge on any atom is -0.497 e. The summed E-state index contributed by atoms with van der Waals surface area (Å²) >= 11 is 0. The van der Waals surface area contributed by atoms with Gasteiger partial charge in [-0.15, -0.1) is 0 Å². The van der Waals surface area contributed by atoms with E-state index in [0.29, 0.717) is 12.6 Å². The fourth-order valence-electron chi connectivity index (χ4n) is 3.36. The molecule has 2 aromatic rings. The molecule has 8 nitrogen and oxygen atoms in total. The highest BCUT2D eigenvalue weighted by atomic mass is 16.5. The Morgan fingerprint density at radius 1 is 1.29 bits per heavy atom. The van der Waals surface area contributed by atoms with Gasteiger partial charge >= 0.3 is 0 Å². The van der Waals surface area contributed by atoms with Crippen molar-refractivity contribution in [1.29, 1.82) is 0 Å². The van der Waals surface area contributed by atoms with E-state index in [2.05, 4.69) is 49.8 Å². The van der Waals surface area contributed by atoms with Crippen molar-refractivity contribution in [2.75, 3.05) is 33.9 Å². The molecule has 2 heterocycles. The van der Waals surface area contributed by atoms with Gasteiger partial charge in [0.25, 0.3) is 0 Å². The fraction of sp³-hybridized carbons (Fsp3) is 0.500. The van der Waals surface area contributed by atoms with Gasteiger partial charge in [-0.25, -0.2) is 4.99 Å². The third-order valence-corrected chi connectivity index (χ3v) is 4.74. The molecule has 0 saturated carbocycles. The molecule has 28 heavy (non-hydrogen) atoms. The molecule has 1 aliphatic rings. The number of likely N-dealkylation sites (tertiary alicyclic amines) is 1. The number of aromatic amines is 1. The van der Waals surface area contributed by atoms with Crippen LogP contribution in [0.1, 0.15) is 24.6 Å². The van der Waals surface area contributed by atoms with Crippen molar-refractivity contribution < 1.29 is 9.47 Å². The van der Waals surface area contributed by atoms with E-state index in [-0.39, 0.29) is 0 Å². The number of hydrogen-bond acceptors (Lipinski definition) is 5. The van der Waals surface area contributed by atoms with Crippen LogP contribution in [-0.4, -0.2) is 61.0 Å². The van der Waals surface area contributed by atoms with E-state index in [9.17, 15) is 0 Å². The smallest absolute Gasteiger partial charge is 0.191 e. The van der Waals surface area contributed by atoms with E-state index in [4.69, 9.17) is 9.47 Å². The predicted molar refractivity (Wildman–Crippen MR) is 110 cm³/mol. The molecule has 1 fully saturated rings. The number of rotatable bonds is 8. The maximum Gasteiger partial charge on any atom is 0.191 e. The van der Waals surface area contributed by atoms with Gasteiger partial charge in [-0.1, -0.05) is 0 Å². The summed E-state index contributed by atoms with van der Waals surface area (Å²) in [6.07, 6.45) is 2.82. The second-order valence-electron chi connectivity index (χ2n) is 6.86. The highest BCUT2D eigenvalue weighted by molar-refractivity contribution is 5.80. The molecule has 152 valence electrons. The van der Waals surface area contributed by atoms with Crippen LogP contribution in [0.2, 0.25) is 0 Å². The van der Waals surface area contributed by atoms with Crippen LogP contribution in [0, 0.1) is 0 Å². The van der Waals surface area contributed by atoms with Crippen molar-refractivity contribution >= 4 is 5.96 Å². The Hall–Kier alpha value is -2.74. The first kappa shape index (κ1) is 20.0. The predicted octanol–water partition coefficient (Wildman–Crippen LogP) is 1.76. The van der Waals surface area contributed by atoms with Gasteiger partial charge in [0, 0.05) is 44.5 Å². The quantitative estimate of drug-likeness (QED) is 0.473. The highest BCUT2D eigenvalue weighted by Gasteiger charge is 2.23. The standard InChI is InChI=1S/C20H30N6O2/c1-4-21-20(22-12-16-5-7-23-25-16)24-17-6-8-26(14-17)13-15-9-18(27-2)11-19(10-15)28-3/h5,7,9-11,17H,4,6,8,12-14H2,1-3H3,(H,23,25)(H2,21,22,24). The molecule has 0 aliphatic carbocycles. The Balaban J connectivity index is 1.56. The normalized spacial score (nSPS) is 17.5. The average Bonchev–Trinajstić information content (AvgIpc) is 3.38. The Labute approximate surface area is 166 Å². The van der Waals surface area contributed by atoms with Gasteiger partial charge in [0.05, 0.1) is 26.5 Å². The third kappa shape index (κ3) is 5.63. The lowest BCUT2D eigenvalue weighted by molar-refractivity contribution is 0.321. The molecule has 0 amide bonds. The molecule has 3 rings (SSSR count). The molecule has 1 aliphatic heterocycles. The maximum absolute atomic E-state index is 5.38. The average molecular weight is 387 g/mol. The number of methoxy groups -OCH3 is 2. The lowest BCUT2D eigenvalue weighted by Gasteiger charge is -2.19. The van der Waals surface area contributed by atoms with Crippen molar-refractivity contribution in [2.24, 2.45) is 4.99 Å². The van der Waals surface area contributed by atoms with Gasteiger partial charge in [-0.2, -0.15) is 5.10 Å². The van der Waals surface area contributed by atoms with E-state index in [1.165, 1.54) is 5.56 Å². The lowest BCUT2D eigenvalue weighted by atomic mass is 10.2. The van der Waals surface area contributed by atoms with Crippen molar-refractivity contribution in [2.45, 2.75) is 32.5 Å². The first-order valence-electron chi connectivity index (χ1n) is 9.67. The summed E-state index contributed by atoms with van der Waals surface area (Å²) in [6, 6.07) is 8.34. The zero-order valence-electron chi connectivity index (χ0n) is 16.9. The second kappa shape index (κ2) is 9.98. The summed E-state index contributed by atoms with van der Waals surface area (Å²) in [5, 5.41) is 13.8. The van der Waals surface area contributed by atoms with E-state index in [1.807, 2.05) is 12.1 Å². The Morgan fingerprint density at radius 3 is 2.71 bits per heavy atom. The largest absolute Gasteiger partial charge is 0.497 e. The molecular formula is C20H30N6O2. The molecule has 0 bridgehead atoms. The molecule has 0 radical (unpaired) electrons. The summed E-state index contributed by atoms with van der Waals surface area (Å²) < 4.78 is 10.8. The van der Waals surface area contributed by atoms with Crippen molar-refractivity contribution in [3.8, 4) is 11.5 Å². The van der Waals surface area contributed by atoms with Gasteiger partial charge in [-0.3, -0.25) is 10.00 Å². The molecule has 0 spiro atoms. The highest BCUT2D eigenvalue weighted by Crippen LogP contribution is 2.24. The number of aliphatic imine (C=N–C) groups is 1. The molecule has 1 unspecified atom stereocenters. The van der Waals surface area contributed by atoms with Gasteiger partial charge < -0.3 is 20.1 Å². The molecule has 3 N–H and O–H groups in total. The van der Waals surface area contributed by atoms with Crippen molar-refractivity contribution in [1.82, 2.24) is 25.7 Å². The van der Waals surface area contributed by atoms with Crippen molar-refractivity contribution in [3.63, 3.8) is 0 Å². The van der Waals surface area contributed by atoms with Gasteiger partial charge in [-0.05, 0) is 37.1 Å². The van der Waals surface area contributed by atoms with Crippen LogP contribution >= 0.6 is 0 Å². The number of H-pyrrole nitrogens is 1. The van der Waals surface area contributed by atoms with E-state index in [0.717, 1.165) is 55.8 Å². The van der Waals surface area contributed by atoms with Gasteiger partial charge in [0.15, 0.2) is 5.96 Å². The van der Waals surface area contributed by atoms with Crippen molar-refractivity contribution in [3.05, 3.63) is 41.7 Å².